The topological polar surface area (TPSA) is 67.6 Å². The number of rotatable bonds is 4. The highest BCUT2D eigenvalue weighted by atomic mass is 16.5. The summed E-state index contributed by atoms with van der Waals surface area (Å²) in [5.41, 5.74) is 6.25. The number of nitrogens with two attached hydrogens (primary N) is 1. The molecule has 0 atom stereocenters. The summed E-state index contributed by atoms with van der Waals surface area (Å²) < 4.78 is 5.73. The molecule has 1 aromatic carbocycles. The maximum atomic E-state index is 11.5. The van der Waals surface area contributed by atoms with Crippen LogP contribution in [-0.4, -0.2) is 50.1 Å². The van der Waals surface area contributed by atoms with Gasteiger partial charge in [0.25, 0.3) is 0 Å². The zero-order valence-corrected chi connectivity index (χ0v) is 12.1. The Bertz CT molecular complexity index is 534. The van der Waals surface area contributed by atoms with Crippen LogP contribution in [0.15, 0.2) is 24.3 Å². The third kappa shape index (κ3) is 5.46. The summed E-state index contributed by atoms with van der Waals surface area (Å²) in [6.45, 7) is 3.78. The van der Waals surface area contributed by atoms with Crippen molar-refractivity contribution in [1.29, 1.82) is 0 Å². The summed E-state index contributed by atoms with van der Waals surface area (Å²) in [5.74, 6) is 6.68. The average molecular weight is 287 g/mol. The maximum absolute atomic E-state index is 11.5. The van der Waals surface area contributed by atoms with E-state index in [1.165, 1.54) is 0 Å². The SMILES string of the molecule is NCC#Cc1cccc(OCCN2CCCNC(=O)C2)c1. The van der Waals surface area contributed by atoms with Gasteiger partial charge in [0.2, 0.25) is 5.91 Å². The number of carbonyl (C=O) groups excluding carboxylic acids is 1. The van der Waals surface area contributed by atoms with Crippen molar-refractivity contribution in [2.24, 2.45) is 5.73 Å². The van der Waals surface area contributed by atoms with Crippen molar-refractivity contribution in [3.05, 3.63) is 29.8 Å². The highest BCUT2D eigenvalue weighted by molar-refractivity contribution is 5.78. The molecule has 0 saturated carbocycles. The van der Waals surface area contributed by atoms with E-state index in [-0.39, 0.29) is 5.91 Å². The van der Waals surface area contributed by atoms with Crippen LogP contribution in [0.2, 0.25) is 0 Å². The van der Waals surface area contributed by atoms with E-state index in [2.05, 4.69) is 22.1 Å². The molecule has 3 N–H and O–H groups in total. The molecular formula is C16H21N3O2. The minimum atomic E-state index is 0.0894. The fourth-order valence-electron chi connectivity index (χ4n) is 2.17. The van der Waals surface area contributed by atoms with Crippen LogP contribution in [0.5, 0.6) is 5.75 Å². The van der Waals surface area contributed by atoms with E-state index in [1.54, 1.807) is 0 Å². The van der Waals surface area contributed by atoms with Crippen molar-refractivity contribution in [2.75, 3.05) is 39.3 Å². The first-order valence-corrected chi connectivity index (χ1v) is 7.19. The molecule has 0 aromatic heterocycles. The molecule has 1 aliphatic heterocycles. The highest BCUT2D eigenvalue weighted by Gasteiger charge is 2.13. The zero-order valence-electron chi connectivity index (χ0n) is 12.1. The first-order valence-electron chi connectivity index (χ1n) is 7.19. The third-order valence-electron chi connectivity index (χ3n) is 3.19. The standard InChI is InChI=1S/C16H21N3O2/c17-7-2-5-14-4-1-6-15(12-14)21-11-10-19-9-3-8-18-16(20)13-19/h1,4,6,12H,3,7-11,13,17H2,(H,18,20). The largest absolute Gasteiger partial charge is 0.492 e. The lowest BCUT2D eigenvalue weighted by atomic mass is 10.2. The second-order valence-corrected chi connectivity index (χ2v) is 4.86. The van der Waals surface area contributed by atoms with E-state index in [0.29, 0.717) is 19.7 Å². The molecule has 2 rings (SSSR count). The highest BCUT2D eigenvalue weighted by Crippen LogP contribution is 2.12. The predicted molar refractivity (Wildman–Crippen MR) is 81.9 cm³/mol. The van der Waals surface area contributed by atoms with Gasteiger partial charge in [-0.15, -0.1) is 0 Å². The maximum Gasteiger partial charge on any atom is 0.234 e. The van der Waals surface area contributed by atoms with Gasteiger partial charge in [-0.25, -0.2) is 0 Å². The average Bonchev–Trinajstić information content (AvgIpc) is 2.70. The molecule has 1 heterocycles. The second kappa shape index (κ2) is 8.30. The van der Waals surface area contributed by atoms with E-state index < -0.39 is 0 Å². The Morgan fingerprint density at radius 3 is 3.19 bits per heavy atom. The fourth-order valence-corrected chi connectivity index (χ4v) is 2.17. The van der Waals surface area contributed by atoms with Crippen molar-refractivity contribution in [3.8, 4) is 17.6 Å². The molecule has 0 aliphatic carbocycles. The van der Waals surface area contributed by atoms with Crippen molar-refractivity contribution in [2.45, 2.75) is 6.42 Å². The van der Waals surface area contributed by atoms with E-state index in [1.807, 2.05) is 24.3 Å². The minimum absolute atomic E-state index is 0.0894. The summed E-state index contributed by atoms with van der Waals surface area (Å²) in [6, 6.07) is 7.64. The molecule has 112 valence electrons. The number of nitrogens with zero attached hydrogens (tertiary/aromatic N) is 1. The Balaban J connectivity index is 1.81. The van der Waals surface area contributed by atoms with Gasteiger partial charge in [-0.3, -0.25) is 9.69 Å². The zero-order chi connectivity index (χ0) is 14.9. The van der Waals surface area contributed by atoms with Crippen molar-refractivity contribution >= 4 is 5.91 Å². The van der Waals surface area contributed by atoms with Gasteiger partial charge in [-0.2, -0.15) is 0 Å². The van der Waals surface area contributed by atoms with E-state index in [4.69, 9.17) is 10.5 Å². The number of hydrogen-bond acceptors (Lipinski definition) is 4. The van der Waals surface area contributed by atoms with Crippen molar-refractivity contribution in [3.63, 3.8) is 0 Å². The molecule has 0 spiro atoms. The summed E-state index contributed by atoms with van der Waals surface area (Å²) in [6.07, 6.45) is 0.982. The van der Waals surface area contributed by atoms with Crippen LogP contribution in [0.3, 0.4) is 0 Å². The molecule has 0 bridgehead atoms. The molecule has 1 fully saturated rings. The lowest BCUT2D eigenvalue weighted by molar-refractivity contribution is -0.121. The molecule has 1 saturated heterocycles. The second-order valence-electron chi connectivity index (χ2n) is 4.86. The predicted octanol–water partition coefficient (Wildman–Crippen LogP) is 0.197. The molecule has 5 heteroatoms. The summed E-state index contributed by atoms with van der Waals surface area (Å²) in [7, 11) is 0. The monoisotopic (exact) mass is 287 g/mol. The Labute approximate surface area is 125 Å². The molecule has 1 aliphatic rings. The molecular weight excluding hydrogens is 266 g/mol. The Morgan fingerprint density at radius 1 is 1.43 bits per heavy atom. The van der Waals surface area contributed by atoms with Gasteiger partial charge in [0.15, 0.2) is 0 Å². The molecule has 5 nitrogen and oxygen atoms in total. The van der Waals surface area contributed by atoms with Gasteiger partial charge in [0.05, 0.1) is 13.1 Å². The summed E-state index contributed by atoms with van der Waals surface area (Å²) >= 11 is 0. The third-order valence-corrected chi connectivity index (χ3v) is 3.19. The summed E-state index contributed by atoms with van der Waals surface area (Å²) in [4.78, 5) is 13.6. The van der Waals surface area contributed by atoms with E-state index in [0.717, 1.165) is 37.4 Å². The number of amides is 1. The van der Waals surface area contributed by atoms with Crippen LogP contribution in [0.1, 0.15) is 12.0 Å². The van der Waals surface area contributed by atoms with Gasteiger partial charge < -0.3 is 15.8 Å². The Morgan fingerprint density at radius 2 is 2.33 bits per heavy atom. The van der Waals surface area contributed by atoms with Gasteiger partial charge >= 0.3 is 0 Å². The lowest BCUT2D eigenvalue weighted by Crippen LogP contribution is -2.35. The quantitative estimate of drug-likeness (QED) is 0.776. The van der Waals surface area contributed by atoms with Crippen molar-refractivity contribution < 1.29 is 9.53 Å². The lowest BCUT2D eigenvalue weighted by Gasteiger charge is -2.18. The Kier molecular flexibility index (Phi) is 6.07. The molecule has 0 unspecified atom stereocenters. The van der Waals surface area contributed by atoms with Gasteiger partial charge in [-0.05, 0) is 24.6 Å². The number of ether oxygens (including phenoxy) is 1. The van der Waals surface area contributed by atoms with E-state index >= 15 is 0 Å². The van der Waals surface area contributed by atoms with E-state index in [9.17, 15) is 4.79 Å². The molecule has 21 heavy (non-hydrogen) atoms. The van der Waals surface area contributed by atoms with Gasteiger partial charge in [-0.1, -0.05) is 17.9 Å². The minimum Gasteiger partial charge on any atom is -0.492 e. The summed E-state index contributed by atoms with van der Waals surface area (Å²) in [5, 5.41) is 2.86. The van der Waals surface area contributed by atoms with Crippen LogP contribution < -0.4 is 15.8 Å². The first-order chi connectivity index (χ1) is 10.3. The smallest absolute Gasteiger partial charge is 0.234 e. The molecule has 1 aromatic rings. The van der Waals surface area contributed by atoms with Crippen LogP contribution in [-0.2, 0) is 4.79 Å². The van der Waals surface area contributed by atoms with Crippen LogP contribution in [0.25, 0.3) is 0 Å². The molecule has 0 radical (unpaired) electrons. The number of carbonyl (C=O) groups is 1. The van der Waals surface area contributed by atoms with Gasteiger partial charge in [0.1, 0.15) is 12.4 Å². The van der Waals surface area contributed by atoms with Crippen LogP contribution in [0.4, 0.5) is 0 Å². The van der Waals surface area contributed by atoms with Crippen molar-refractivity contribution in [1.82, 2.24) is 10.2 Å². The van der Waals surface area contributed by atoms with Gasteiger partial charge in [0, 0.05) is 25.2 Å². The Hall–Kier alpha value is -2.03. The number of nitrogens with one attached hydrogen (secondary N) is 1. The normalized spacial score (nSPS) is 15.6. The number of benzene rings is 1. The first kappa shape index (κ1) is 15.4. The number of hydrogen-bond donors (Lipinski definition) is 2. The molecule has 1 amide bonds. The van der Waals surface area contributed by atoms with Crippen LogP contribution in [0, 0.1) is 11.8 Å². The van der Waals surface area contributed by atoms with Crippen LogP contribution >= 0.6 is 0 Å². The fraction of sp³-hybridized carbons (Fsp3) is 0.438.